The molecule has 0 aromatic heterocycles. The molecule has 0 radical (unpaired) electrons. The van der Waals surface area contributed by atoms with Crippen LogP contribution in [0.25, 0.3) is 0 Å². The zero-order valence-corrected chi connectivity index (χ0v) is 17.8. The fourth-order valence-corrected chi connectivity index (χ4v) is 3.55. The molecule has 0 aliphatic rings. The Morgan fingerprint density at radius 3 is 1.42 bits per heavy atom. The van der Waals surface area contributed by atoms with Crippen molar-refractivity contribution in [1.29, 1.82) is 0 Å². The third-order valence-corrected chi connectivity index (χ3v) is 5.36. The molecule has 4 heteroatoms. The molecule has 0 bridgehead atoms. The number of carbonyl (C=O) groups excluding carboxylic acids is 1. The molecule has 0 unspecified atom stereocenters. The first-order valence-electron chi connectivity index (χ1n) is 10.2. The van der Waals surface area contributed by atoms with Crippen LogP contribution in [0.5, 0.6) is 0 Å². The number of hydrogen-bond donors (Lipinski definition) is 0. The number of ether oxygens (including phenoxy) is 1. The SMILES string of the molecule is COC(=O)CCCCCCCCCCCCCCCO[Si](C)(C)C. The summed E-state index contributed by atoms with van der Waals surface area (Å²) in [5, 5.41) is 0. The molecular weight excluding hydrogens is 316 g/mol. The monoisotopic (exact) mass is 358 g/mol. The molecular formula is C20H42O3Si. The minimum absolute atomic E-state index is 0.0708. The van der Waals surface area contributed by atoms with E-state index in [-0.39, 0.29) is 5.97 Å². The highest BCUT2D eigenvalue weighted by atomic mass is 28.4. The lowest BCUT2D eigenvalue weighted by Crippen LogP contribution is -2.25. The van der Waals surface area contributed by atoms with Gasteiger partial charge in [0.1, 0.15) is 0 Å². The van der Waals surface area contributed by atoms with E-state index in [0.29, 0.717) is 6.42 Å². The largest absolute Gasteiger partial charge is 0.469 e. The molecule has 0 saturated carbocycles. The molecule has 0 heterocycles. The molecule has 144 valence electrons. The van der Waals surface area contributed by atoms with Crippen LogP contribution in [-0.4, -0.2) is 28.0 Å². The van der Waals surface area contributed by atoms with Crippen molar-refractivity contribution in [2.45, 2.75) is 110 Å². The summed E-state index contributed by atoms with van der Waals surface area (Å²) in [4.78, 5) is 11.0. The van der Waals surface area contributed by atoms with Gasteiger partial charge in [-0.25, -0.2) is 0 Å². The summed E-state index contributed by atoms with van der Waals surface area (Å²) in [5.41, 5.74) is 0. The molecule has 0 saturated heterocycles. The highest BCUT2D eigenvalue weighted by Crippen LogP contribution is 2.13. The molecule has 0 amide bonds. The van der Waals surface area contributed by atoms with Crippen LogP contribution in [-0.2, 0) is 14.0 Å². The second kappa shape index (κ2) is 16.1. The Morgan fingerprint density at radius 1 is 0.667 bits per heavy atom. The Morgan fingerprint density at radius 2 is 1.04 bits per heavy atom. The van der Waals surface area contributed by atoms with Crippen LogP contribution < -0.4 is 0 Å². The maximum Gasteiger partial charge on any atom is 0.305 e. The third-order valence-electron chi connectivity index (χ3n) is 4.29. The number of carbonyl (C=O) groups is 1. The van der Waals surface area contributed by atoms with Crippen LogP contribution in [0.2, 0.25) is 19.6 Å². The normalized spacial score (nSPS) is 11.7. The van der Waals surface area contributed by atoms with Crippen molar-refractivity contribution in [2.24, 2.45) is 0 Å². The van der Waals surface area contributed by atoms with Gasteiger partial charge >= 0.3 is 5.97 Å². The Kier molecular flexibility index (Phi) is 15.9. The van der Waals surface area contributed by atoms with Crippen molar-refractivity contribution in [2.75, 3.05) is 13.7 Å². The van der Waals surface area contributed by atoms with Crippen LogP contribution in [0.1, 0.15) is 89.9 Å². The fourth-order valence-electron chi connectivity index (χ4n) is 2.80. The lowest BCUT2D eigenvalue weighted by Gasteiger charge is -2.16. The summed E-state index contributed by atoms with van der Waals surface area (Å²) in [7, 11) is 0.174. The molecule has 0 N–H and O–H groups in total. The van der Waals surface area contributed by atoms with Crippen LogP contribution in [0.15, 0.2) is 0 Å². The molecule has 0 aromatic carbocycles. The standard InChI is InChI=1S/C20H42O3Si/c1-22-20(21)18-16-14-12-10-8-6-5-7-9-11-13-15-17-19-23-24(2,3)4/h5-19H2,1-4H3. The van der Waals surface area contributed by atoms with Crippen molar-refractivity contribution < 1.29 is 14.0 Å². The van der Waals surface area contributed by atoms with Crippen LogP contribution >= 0.6 is 0 Å². The van der Waals surface area contributed by atoms with Gasteiger partial charge in [-0.05, 0) is 32.5 Å². The van der Waals surface area contributed by atoms with E-state index in [9.17, 15) is 4.79 Å². The van der Waals surface area contributed by atoms with E-state index in [1.54, 1.807) is 0 Å². The van der Waals surface area contributed by atoms with Gasteiger partial charge in [0.2, 0.25) is 0 Å². The Labute approximate surface area is 152 Å². The number of unbranched alkanes of at least 4 members (excludes halogenated alkanes) is 12. The van der Waals surface area contributed by atoms with E-state index in [0.717, 1.165) is 19.4 Å². The molecule has 0 fully saturated rings. The summed E-state index contributed by atoms with van der Waals surface area (Å²) in [6.07, 6.45) is 17.5. The van der Waals surface area contributed by atoms with Crippen LogP contribution in [0.4, 0.5) is 0 Å². The number of esters is 1. The molecule has 24 heavy (non-hydrogen) atoms. The summed E-state index contributed by atoms with van der Waals surface area (Å²) < 4.78 is 10.5. The zero-order chi connectivity index (χ0) is 18.1. The third kappa shape index (κ3) is 19.7. The molecule has 3 nitrogen and oxygen atoms in total. The maximum absolute atomic E-state index is 11.0. The van der Waals surface area contributed by atoms with Gasteiger partial charge in [-0.15, -0.1) is 0 Å². The zero-order valence-electron chi connectivity index (χ0n) is 16.8. The van der Waals surface area contributed by atoms with Gasteiger partial charge in [-0.3, -0.25) is 4.79 Å². The van der Waals surface area contributed by atoms with Gasteiger partial charge < -0.3 is 9.16 Å². The quantitative estimate of drug-likeness (QED) is 0.170. The summed E-state index contributed by atoms with van der Waals surface area (Å²) >= 11 is 0. The summed E-state index contributed by atoms with van der Waals surface area (Å²) in [6.45, 7) is 7.75. The van der Waals surface area contributed by atoms with Gasteiger partial charge in [-0.2, -0.15) is 0 Å². The number of rotatable bonds is 17. The van der Waals surface area contributed by atoms with E-state index in [2.05, 4.69) is 24.4 Å². The topological polar surface area (TPSA) is 35.5 Å². The smallest absolute Gasteiger partial charge is 0.305 e. The molecule has 0 aromatic rings. The minimum Gasteiger partial charge on any atom is -0.469 e. The molecule has 0 aliphatic carbocycles. The van der Waals surface area contributed by atoms with E-state index in [4.69, 9.17) is 4.43 Å². The summed E-state index contributed by atoms with van der Waals surface area (Å²) in [6, 6.07) is 0. The Hall–Kier alpha value is -0.353. The second-order valence-electron chi connectivity index (χ2n) is 7.88. The first-order chi connectivity index (χ1) is 11.5. The molecule has 0 spiro atoms. The van der Waals surface area contributed by atoms with E-state index in [1.807, 2.05) is 0 Å². The van der Waals surface area contributed by atoms with Gasteiger partial charge in [0.25, 0.3) is 0 Å². The van der Waals surface area contributed by atoms with Crippen molar-refractivity contribution in [3.05, 3.63) is 0 Å². The number of methoxy groups -OCH3 is 1. The lowest BCUT2D eigenvalue weighted by molar-refractivity contribution is -0.140. The van der Waals surface area contributed by atoms with Gasteiger partial charge in [0, 0.05) is 13.0 Å². The van der Waals surface area contributed by atoms with Gasteiger partial charge in [0.15, 0.2) is 8.32 Å². The second-order valence-corrected chi connectivity index (χ2v) is 12.4. The average Bonchev–Trinajstić information content (AvgIpc) is 2.53. The highest BCUT2D eigenvalue weighted by molar-refractivity contribution is 6.69. The van der Waals surface area contributed by atoms with E-state index in [1.165, 1.54) is 77.7 Å². The predicted molar refractivity (Wildman–Crippen MR) is 106 cm³/mol. The maximum atomic E-state index is 11.0. The number of hydrogen-bond acceptors (Lipinski definition) is 3. The van der Waals surface area contributed by atoms with Gasteiger partial charge in [0.05, 0.1) is 7.11 Å². The first kappa shape index (κ1) is 23.6. The van der Waals surface area contributed by atoms with E-state index < -0.39 is 8.32 Å². The van der Waals surface area contributed by atoms with Crippen LogP contribution in [0, 0.1) is 0 Å². The van der Waals surface area contributed by atoms with Crippen molar-refractivity contribution in [3.63, 3.8) is 0 Å². The van der Waals surface area contributed by atoms with E-state index >= 15 is 0 Å². The molecule has 0 atom stereocenters. The van der Waals surface area contributed by atoms with Crippen molar-refractivity contribution in [3.8, 4) is 0 Å². The fraction of sp³-hybridized carbons (Fsp3) is 0.950. The first-order valence-corrected chi connectivity index (χ1v) is 13.6. The van der Waals surface area contributed by atoms with Crippen LogP contribution in [0.3, 0.4) is 0 Å². The molecule has 0 aliphatic heterocycles. The minimum atomic E-state index is -1.29. The lowest BCUT2D eigenvalue weighted by atomic mass is 10.0. The molecule has 0 rings (SSSR count). The summed E-state index contributed by atoms with van der Waals surface area (Å²) in [5.74, 6) is -0.0708. The average molecular weight is 359 g/mol. The van der Waals surface area contributed by atoms with Crippen molar-refractivity contribution >= 4 is 14.3 Å². The highest BCUT2D eigenvalue weighted by Gasteiger charge is 2.12. The van der Waals surface area contributed by atoms with Gasteiger partial charge in [-0.1, -0.05) is 70.6 Å². The van der Waals surface area contributed by atoms with Crippen molar-refractivity contribution in [1.82, 2.24) is 0 Å². The Bertz CT molecular complexity index is 287. The predicted octanol–water partition coefficient (Wildman–Crippen LogP) is 6.47. The Balaban J connectivity index is 3.06.